The summed E-state index contributed by atoms with van der Waals surface area (Å²) in [5.41, 5.74) is 0.277. The van der Waals surface area contributed by atoms with Crippen LogP contribution < -0.4 is 5.32 Å². The van der Waals surface area contributed by atoms with Gasteiger partial charge >= 0.3 is 23.4 Å². The van der Waals surface area contributed by atoms with E-state index in [9.17, 15) is 13.8 Å². The molecule has 0 aromatic heterocycles. The third kappa shape index (κ3) is 6.58. The van der Waals surface area contributed by atoms with E-state index in [1.165, 1.54) is 6.92 Å². The van der Waals surface area contributed by atoms with Gasteiger partial charge in [0.15, 0.2) is 0 Å². The summed E-state index contributed by atoms with van der Waals surface area (Å²) >= 11 is -2.43. The lowest BCUT2D eigenvalue weighted by molar-refractivity contribution is -0.138. The Hall–Kier alpha value is -1.45. The largest absolute Gasteiger partial charge is 0.460 e. The van der Waals surface area contributed by atoms with Crippen molar-refractivity contribution in [1.29, 1.82) is 0 Å². The number of rotatable bonds is 7. The molecule has 9 heteroatoms. The second kappa shape index (κ2) is 9.75. The molecule has 1 fully saturated rings. The molecule has 5 unspecified atom stereocenters. The van der Waals surface area contributed by atoms with Crippen LogP contribution in [-0.4, -0.2) is 46.2 Å². The average molecular weight is 363 g/mol. The van der Waals surface area contributed by atoms with Gasteiger partial charge in [0, 0.05) is 5.57 Å². The fraction of sp³-hybridized carbons (Fsp3) is 0.733. The number of carbonyl (C=O) groups is 2. The highest BCUT2D eigenvalue weighted by atomic mass is 32.2. The molecule has 0 bridgehead atoms. The number of carbonyl (C=O) groups excluding carboxylic acids is 2. The third-order valence-electron chi connectivity index (χ3n) is 3.91. The molecule has 2 N–H and O–H groups in total. The van der Waals surface area contributed by atoms with Gasteiger partial charge in [0.05, 0.1) is 6.54 Å². The first-order valence-electron chi connectivity index (χ1n) is 7.77. The standard InChI is InChI=1S/C15H25NO7S/c1-9(2)14(17)21-8-7-16-15(18)22-12-10(3)5-6-11(4)13(12)23-24(19)20/h10-13H,1,5-8H2,2-4H3,(H,16,18)(H,19,20). The molecule has 0 aliphatic heterocycles. The Morgan fingerprint density at radius 1 is 1.25 bits per heavy atom. The maximum absolute atomic E-state index is 11.9. The number of esters is 1. The predicted octanol–water partition coefficient (Wildman–Crippen LogP) is 1.79. The van der Waals surface area contributed by atoms with Crippen LogP contribution in [0, 0.1) is 11.8 Å². The molecule has 5 atom stereocenters. The molecule has 24 heavy (non-hydrogen) atoms. The maximum atomic E-state index is 11.9. The number of ether oxygens (including phenoxy) is 2. The quantitative estimate of drug-likeness (QED) is 0.307. The van der Waals surface area contributed by atoms with Crippen LogP contribution in [0.1, 0.15) is 33.6 Å². The van der Waals surface area contributed by atoms with Gasteiger partial charge in [-0.05, 0) is 31.6 Å². The van der Waals surface area contributed by atoms with Crippen LogP contribution in [0.2, 0.25) is 0 Å². The zero-order valence-electron chi connectivity index (χ0n) is 14.1. The van der Waals surface area contributed by atoms with Gasteiger partial charge in [-0.15, -0.1) is 0 Å². The number of amides is 1. The molecule has 1 saturated carbocycles. The Kier molecular flexibility index (Phi) is 8.37. The van der Waals surface area contributed by atoms with Gasteiger partial charge in [0.1, 0.15) is 18.8 Å². The Balaban J connectivity index is 2.48. The highest BCUT2D eigenvalue weighted by molar-refractivity contribution is 7.74. The molecule has 0 aromatic carbocycles. The fourth-order valence-electron chi connectivity index (χ4n) is 2.52. The summed E-state index contributed by atoms with van der Waals surface area (Å²) in [5, 5.41) is 2.47. The van der Waals surface area contributed by atoms with Crippen molar-refractivity contribution in [3.05, 3.63) is 12.2 Å². The molecular weight excluding hydrogens is 338 g/mol. The van der Waals surface area contributed by atoms with E-state index in [2.05, 4.69) is 11.9 Å². The maximum Gasteiger partial charge on any atom is 0.407 e. The van der Waals surface area contributed by atoms with Crippen molar-refractivity contribution in [1.82, 2.24) is 5.32 Å². The number of hydrogen-bond donors (Lipinski definition) is 2. The van der Waals surface area contributed by atoms with Crippen LogP contribution in [0.4, 0.5) is 4.79 Å². The molecular formula is C15H25NO7S. The van der Waals surface area contributed by atoms with Crippen molar-refractivity contribution in [2.45, 2.75) is 45.8 Å². The summed E-state index contributed by atoms with van der Waals surface area (Å²) in [4.78, 5) is 23.1. The summed E-state index contributed by atoms with van der Waals surface area (Å²) < 4.78 is 35.2. The van der Waals surface area contributed by atoms with Gasteiger partial charge in [0.2, 0.25) is 0 Å². The van der Waals surface area contributed by atoms with Crippen molar-refractivity contribution < 1.29 is 32.0 Å². The van der Waals surface area contributed by atoms with E-state index in [4.69, 9.17) is 18.2 Å². The van der Waals surface area contributed by atoms with Crippen molar-refractivity contribution in [3.8, 4) is 0 Å². The van der Waals surface area contributed by atoms with E-state index in [0.29, 0.717) is 0 Å². The minimum absolute atomic E-state index is 0.00161. The van der Waals surface area contributed by atoms with Gasteiger partial charge in [-0.3, -0.25) is 8.74 Å². The average Bonchev–Trinajstić information content (AvgIpc) is 2.50. The predicted molar refractivity (Wildman–Crippen MR) is 87.3 cm³/mol. The van der Waals surface area contributed by atoms with Gasteiger partial charge in [-0.25, -0.2) is 9.59 Å². The number of alkyl carbamates (subject to hydrolysis) is 1. The van der Waals surface area contributed by atoms with E-state index >= 15 is 0 Å². The summed E-state index contributed by atoms with van der Waals surface area (Å²) in [5.74, 6) is -0.535. The molecule has 138 valence electrons. The molecule has 0 saturated heterocycles. The van der Waals surface area contributed by atoms with Crippen LogP contribution in [0.25, 0.3) is 0 Å². The lowest BCUT2D eigenvalue weighted by Gasteiger charge is -2.38. The monoisotopic (exact) mass is 363 g/mol. The normalized spacial score (nSPS) is 27.8. The molecule has 0 spiro atoms. The van der Waals surface area contributed by atoms with Gasteiger partial charge in [-0.1, -0.05) is 20.4 Å². The van der Waals surface area contributed by atoms with Gasteiger partial charge in [-0.2, -0.15) is 4.21 Å². The van der Waals surface area contributed by atoms with Crippen molar-refractivity contribution >= 4 is 23.4 Å². The van der Waals surface area contributed by atoms with Crippen LogP contribution in [0.15, 0.2) is 12.2 Å². The van der Waals surface area contributed by atoms with Crippen LogP contribution in [-0.2, 0) is 29.8 Å². The first kappa shape index (κ1) is 20.6. The summed E-state index contributed by atoms with van der Waals surface area (Å²) in [7, 11) is 0. The molecule has 1 aliphatic carbocycles. The van der Waals surface area contributed by atoms with Gasteiger partial charge < -0.3 is 14.8 Å². The van der Waals surface area contributed by atoms with Crippen LogP contribution >= 0.6 is 0 Å². The van der Waals surface area contributed by atoms with Crippen molar-refractivity contribution in [2.24, 2.45) is 11.8 Å². The smallest absolute Gasteiger partial charge is 0.407 e. The first-order chi connectivity index (χ1) is 11.2. The molecule has 1 rings (SSSR count). The van der Waals surface area contributed by atoms with Crippen LogP contribution in [0.5, 0.6) is 0 Å². The first-order valence-corrected chi connectivity index (χ1v) is 8.80. The second-order valence-electron chi connectivity index (χ2n) is 6.02. The Morgan fingerprint density at radius 3 is 2.38 bits per heavy atom. The summed E-state index contributed by atoms with van der Waals surface area (Å²) in [6.07, 6.45) is -0.312. The SMILES string of the molecule is C=C(C)C(=O)OCCNC(=O)OC1C(C)CCC(C)C1OS(=O)O. The lowest BCUT2D eigenvalue weighted by atomic mass is 9.79. The lowest BCUT2D eigenvalue weighted by Crippen LogP contribution is -2.47. The Bertz CT molecular complexity index is 496. The molecule has 0 heterocycles. The van der Waals surface area contributed by atoms with Gasteiger partial charge in [0.25, 0.3) is 0 Å². The van der Waals surface area contributed by atoms with E-state index in [-0.39, 0.29) is 30.6 Å². The minimum atomic E-state index is -2.43. The zero-order chi connectivity index (χ0) is 18.3. The second-order valence-corrected chi connectivity index (χ2v) is 6.65. The third-order valence-corrected chi connectivity index (χ3v) is 4.30. The molecule has 1 aliphatic rings. The van der Waals surface area contributed by atoms with Crippen molar-refractivity contribution in [2.75, 3.05) is 13.2 Å². The van der Waals surface area contributed by atoms with E-state index < -0.39 is 35.6 Å². The molecule has 8 nitrogen and oxygen atoms in total. The topological polar surface area (TPSA) is 111 Å². The van der Waals surface area contributed by atoms with Crippen LogP contribution in [0.3, 0.4) is 0 Å². The zero-order valence-corrected chi connectivity index (χ0v) is 15.0. The summed E-state index contributed by atoms with van der Waals surface area (Å²) in [6.45, 7) is 8.85. The Labute approximate surface area is 144 Å². The highest BCUT2D eigenvalue weighted by Crippen LogP contribution is 2.33. The van der Waals surface area contributed by atoms with E-state index in [1.807, 2.05) is 13.8 Å². The number of hydrogen-bond acceptors (Lipinski definition) is 6. The van der Waals surface area contributed by atoms with Crippen molar-refractivity contribution in [3.63, 3.8) is 0 Å². The summed E-state index contributed by atoms with van der Waals surface area (Å²) in [6, 6.07) is 0. The van der Waals surface area contributed by atoms with E-state index in [0.717, 1.165) is 12.8 Å². The minimum Gasteiger partial charge on any atom is -0.460 e. The molecule has 0 aromatic rings. The fourth-order valence-corrected chi connectivity index (χ4v) is 3.00. The highest BCUT2D eigenvalue weighted by Gasteiger charge is 2.40. The molecule has 0 radical (unpaired) electrons. The molecule has 1 amide bonds. The number of nitrogens with one attached hydrogen (secondary N) is 1. The van der Waals surface area contributed by atoms with E-state index in [1.54, 1.807) is 0 Å². The Morgan fingerprint density at radius 2 is 1.83 bits per heavy atom.